The van der Waals surface area contributed by atoms with Crippen molar-refractivity contribution >= 4 is 29.1 Å². The van der Waals surface area contributed by atoms with E-state index in [0.717, 1.165) is 36.7 Å². The molecule has 1 unspecified atom stereocenters. The summed E-state index contributed by atoms with van der Waals surface area (Å²) >= 11 is 6.43. The SMILES string of the molecule is C#Cc1cc(C[C@@H](CC(=O)N2CCC(n3nc(-c4ccccc4)[nH]c3=O)CC2)C(=O)N2CCN(C3CN4CCC3CC4)CC2)cc(Cl)c1N. The molecule has 0 saturated carbocycles. The number of aromatic amines is 1. The maximum atomic E-state index is 14.2. The van der Waals surface area contributed by atoms with Gasteiger partial charge in [0.25, 0.3) is 0 Å². The fourth-order valence-electron chi connectivity index (χ4n) is 8.33. The highest BCUT2D eigenvalue weighted by molar-refractivity contribution is 6.33. The van der Waals surface area contributed by atoms with Crippen molar-refractivity contribution in [3.63, 3.8) is 0 Å². The van der Waals surface area contributed by atoms with E-state index in [9.17, 15) is 14.4 Å². The molecule has 11 nitrogen and oxygen atoms in total. The van der Waals surface area contributed by atoms with E-state index < -0.39 is 5.92 Å². The number of likely N-dealkylation sites (tertiary alicyclic amines) is 1. The first-order valence-corrected chi connectivity index (χ1v) is 18.0. The van der Waals surface area contributed by atoms with Crippen LogP contribution in [0.3, 0.4) is 0 Å². The van der Waals surface area contributed by atoms with E-state index in [1.807, 2.05) is 40.1 Å². The van der Waals surface area contributed by atoms with Crippen molar-refractivity contribution in [2.24, 2.45) is 11.8 Å². The molecule has 3 aromatic rings. The lowest BCUT2D eigenvalue weighted by atomic mass is 9.83. The number of piperazine rings is 1. The van der Waals surface area contributed by atoms with E-state index in [1.54, 1.807) is 12.1 Å². The molecule has 5 aliphatic rings. The summed E-state index contributed by atoms with van der Waals surface area (Å²) in [6.45, 7) is 7.52. The number of nitrogens with one attached hydrogen (secondary N) is 1. The highest BCUT2D eigenvalue weighted by Crippen LogP contribution is 2.32. The molecule has 8 rings (SSSR count). The molecule has 0 aliphatic carbocycles. The lowest BCUT2D eigenvalue weighted by molar-refractivity contribution is -0.143. The molecule has 1 aromatic heterocycles. The van der Waals surface area contributed by atoms with Crippen molar-refractivity contribution in [2.45, 2.75) is 50.6 Å². The molecule has 2 amide bonds. The Labute approximate surface area is 292 Å². The average molecular weight is 685 g/mol. The van der Waals surface area contributed by atoms with Crippen LogP contribution in [0.15, 0.2) is 47.3 Å². The molecule has 5 fully saturated rings. The summed E-state index contributed by atoms with van der Waals surface area (Å²) in [6, 6.07) is 13.6. The normalized spacial score (nSPS) is 23.7. The minimum atomic E-state index is -0.568. The van der Waals surface area contributed by atoms with Gasteiger partial charge in [-0.2, -0.15) is 0 Å². The van der Waals surface area contributed by atoms with Gasteiger partial charge in [-0.15, -0.1) is 11.5 Å². The van der Waals surface area contributed by atoms with Gasteiger partial charge in [0.2, 0.25) is 11.8 Å². The smallest absolute Gasteiger partial charge is 0.343 e. The van der Waals surface area contributed by atoms with Crippen molar-refractivity contribution < 1.29 is 9.59 Å². The van der Waals surface area contributed by atoms with Crippen LogP contribution in [0.2, 0.25) is 5.02 Å². The quantitative estimate of drug-likeness (QED) is 0.276. The van der Waals surface area contributed by atoms with Crippen LogP contribution in [0, 0.1) is 24.2 Å². The standard InChI is InChI=1S/C37H45ClN8O3/c1-2-26-20-25(22-31(38)34(26)39)21-29(36(48)45-18-16-43(17-19-45)32-24-42-12-8-27(32)9-13-42)23-33(47)44-14-10-30(11-15-44)46-37(49)40-35(41-46)28-6-4-3-5-7-28/h1,3-7,20,22,27,29-30,32H,8-19,21,23-24,39H2,(H,40,41,49)/t29-,32?/m0/s1. The summed E-state index contributed by atoms with van der Waals surface area (Å²) in [5.74, 6) is 3.23. The zero-order valence-electron chi connectivity index (χ0n) is 27.9. The van der Waals surface area contributed by atoms with Gasteiger partial charge in [-0.05, 0) is 68.8 Å². The Bertz CT molecular complexity index is 1760. The van der Waals surface area contributed by atoms with Gasteiger partial charge in [-0.3, -0.25) is 19.5 Å². The fraction of sp³-hybridized carbons (Fsp3) is 0.514. The predicted octanol–water partition coefficient (Wildman–Crippen LogP) is 3.11. The van der Waals surface area contributed by atoms with Crippen molar-refractivity contribution in [2.75, 3.05) is 64.6 Å². The Morgan fingerprint density at radius 3 is 2.35 bits per heavy atom. The van der Waals surface area contributed by atoms with Gasteiger partial charge in [-0.25, -0.2) is 9.48 Å². The number of hydrogen-bond acceptors (Lipinski definition) is 7. The number of piperidine rings is 4. The van der Waals surface area contributed by atoms with E-state index in [1.165, 1.54) is 30.6 Å². The number of nitrogens with two attached hydrogens (primary N) is 1. The minimum absolute atomic E-state index is 0.0106. The molecule has 0 radical (unpaired) electrons. The minimum Gasteiger partial charge on any atom is -0.397 e. The molecule has 258 valence electrons. The number of terminal acetylenes is 1. The van der Waals surface area contributed by atoms with Gasteiger partial charge in [0.1, 0.15) is 0 Å². The summed E-state index contributed by atoms with van der Waals surface area (Å²) in [5.41, 5.74) is 8.29. The largest absolute Gasteiger partial charge is 0.397 e. The second-order valence-corrected chi connectivity index (χ2v) is 14.5. The predicted molar refractivity (Wildman–Crippen MR) is 190 cm³/mol. The van der Waals surface area contributed by atoms with E-state index in [4.69, 9.17) is 23.8 Å². The zero-order chi connectivity index (χ0) is 34.1. The molecule has 12 heteroatoms. The third-order valence-corrected chi connectivity index (χ3v) is 11.5. The number of anilines is 1. The average Bonchev–Trinajstić information content (AvgIpc) is 3.54. The number of amides is 2. The highest BCUT2D eigenvalue weighted by Gasteiger charge is 2.39. The van der Waals surface area contributed by atoms with Crippen LogP contribution in [-0.4, -0.2) is 111 Å². The first-order chi connectivity index (χ1) is 23.8. The topological polar surface area (TPSA) is 124 Å². The number of fused-ring (bicyclic) bond motifs is 3. The molecule has 2 bridgehead atoms. The fourth-order valence-corrected chi connectivity index (χ4v) is 8.57. The summed E-state index contributed by atoms with van der Waals surface area (Å²) < 4.78 is 1.51. The van der Waals surface area contributed by atoms with Crippen molar-refractivity contribution in [1.29, 1.82) is 0 Å². The molecular formula is C37H45ClN8O3. The molecule has 0 spiro atoms. The number of nitrogen functional groups attached to an aromatic ring is 1. The van der Waals surface area contributed by atoms with Gasteiger partial charge in [0, 0.05) is 69.4 Å². The first-order valence-electron chi connectivity index (χ1n) is 17.6. The van der Waals surface area contributed by atoms with E-state index in [-0.39, 0.29) is 30.0 Å². The van der Waals surface area contributed by atoms with E-state index in [2.05, 4.69) is 25.8 Å². The molecule has 49 heavy (non-hydrogen) atoms. The molecular weight excluding hydrogens is 640 g/mol. The highest BCUT2D eigenvalue weighted by atomic mass is 35.5. The monoisotopic (exact) mass is 684 g/mol. The van der Waals surface area contributed by atoms with E-state index >= 15 is 0 Å². The van der Waals surface area contributed by atoms with Crippen molar-refractivity contribution in [3.05, 3.63) is 69.1 Å². The third kappa shape index (κ3) is 7.14. The number of rotatable bonds is 8. The van der Waals surface area contributed by atoms with Crippen LogP contribution in [0.5, 0.6) is 0 Å². The van der Waals surface area contributed by atoms with Gasteiger partial charge in [0.15, 0.2) is 5.82 Å². The number of H-pyrrole nitrogens is 1. The molecule has 5 saturated heterocycles. The Balaban J connectivity index is 1.02. The lowest BCUT2D eigenvalue weighted by Crippen LogP contribution is -2.61. The Hall–Kier alpha value is -4.11. The molecule has 2 aromatic carbocycles. The Morgan fingerprint density at radius 1 is 0.980 bits per heavy atom. The second kappa shape index (κ2) is 14.4. The van der Waals surface area contributed by atoms with Crippen LogP contribution >= 0.6 is 11.6 Å². The van der Waals surface area contributed by atoms with Crippen LogP contribution < -0.4 is 11.4 Å². The van der Waals surface area contributed by atoms with Gasteiger partial charge in [0.05, 0.1) is 22.7 Å². The third-order valence-electron chi connectivity index (χ3n) is 11.2. The number of benzene rings is 2. The molecule has 3 N–H and O–H groups in total. The second-order valence-electron chi connectivity index (χ2n) is 14.1. The van der Waals surface area contributed by atoms with Gasteiger partial charge >= 0.3 is 5.69 Å². The number of halogens is 1. The lowest BCUT2D eigenvalue weighted by Gasteiger charge is -2.51. The van der Waals surface area contributed by atoms with Gasteiger partial charge < -0.3 is 20.4 Å². The number of nitrogens with zero attached hydrogens (tertiary/aromatic N) is 6. The Kier molecular flexibility index (Phi) is 9.81. The number of hydrogen-bond donors (Lipinski definition) is 2. The van der Waals surface area contributed by atoms with Crippen molar-refractivity contribution in [1.82, 2.24) is 34.4 Å². The van der Waals surface area contributed by atoms with Crippen LogP contribution in [0.25, 0.3) is 11.4 Å². The Morgan fingerprint density at radius 2 is 1.69 bits per heavy atom. The first kappa shape index (κ1) is 33.4. The number of carbonyl (C=O) groups is 2. The summed E-state index contributed by atoms with van der Waals surface area (Å²) in [7, 11) is 0. The molecule has 2 atom stereocenters. The summed E-state index contributed by atoms with van der Waals surface area (Å²) in [5, 5.41) is 4.92. The summed E-state index contributed by atoms with van der Waals surface area (Å²) in [4.78, 5) is 52.6. The molecule has 6 heterocycles. The van der Waals surface area contributed by atoms with Crippen LogP contribution in [-0.2, 0) is 16.0 Å². The van der Waals surface area contributed by atoms with E-state index in [0.29, 0.717) is 73.6 Å². The molecule has 5 aliphatic heterocycles. The maximum Gasteiger partial charge on any atom is 0.343 e. The van der Waals surface area contributed by atoms with Crippen LogP contribution in [0.4, 0.5) is 5.69 Å². The van der Waals surface area contributed by atoms with Crippen molar-refractivity contribution in [3.8, 4) is 23.7 Å². The van der Waals surface area contributed by atoms with Gasteiger partial charge in [-0.1, -0.05) is 47.9 Å². The number of carbonyl (C=O) groups excluding carboxylic acids is 2. The van der Waals surface area contributed by atoms with Crippen LogP contribution in [0.1, 0.15) is 49.3 Å². The zero-order valence-corrected chi connectivity index (χ0v) is 28.7. The maximum absolute atomic E-state index is 14.2. The summed E-state index contributed by atoms with van der Waals surface area (Å²) in [6.07, 6.45) is 9.85. The number of aromatic nitrogens is 3.